The van der Waals surface area contributed by atoms with Crippen LogP contribution in [0, 0.1) is 5.82 Å². The van der Waals surface area contributed by atoms with Crippen LogP contribution in [-0.2, 0) is 4.74 Å². The lowest BCUT2D eigenvalue weighted by atomic mass is 10.1. The number of allylic oxidation sites excluding steroid dienone is 1. The molecule has 0 aliphatic heterocycles. The van der Waals surface area contributed by atoms with Gasteiger partial charge in [0.15, 0.2) is 0 Å². The minimum absolute atomic E-state index is 0.211. The second kappa shape index (κ2) is 4.77. The van der Waals surface area contributed by atoms with E-state index in [2.05, 4.69) is 0 Å². The highest BCUT2D eigenvalue weighted by Gasteiger charge is 1.99. The van der Waals surface area contributed by atoms with Crippen LogP contribution >= 0.6 is 0 Å². The normalized spacial score (nSPS) is 11.8. The Labute approximate surface area is 77.8 Å². The van der Waals surface area contributed by atoms with Gasteiger partial charge in [-0.25, -0.2) is 4.39 Å². The van der Waals surface area contributed by atoms with Gasteiger partial charge in [0.2, 0.25) is 0 Å². The van der Waals surface area contributed by atoms with E-state index in [1.54, 1.807) is 19.2 Å². The van der Waals surface area contributed by atoms with Crippen molar-refractivity contribution in [2.75, 3.05) is 13.7 Å². The van der Waals surface area contributed by atoms with Crippen molar-refractivity contribution in [3.63, 3.8) is 0 Å². The molecular weight excluding hydrogens is 167 g/mol. The fraction of sp³-hybridized carbons (Fsp3) is 0.273. The van der Waals surface area contributed by atoms with E-state index in [0.717, 1.165) is 11.1 Å². The summed E-state index contributed by atoms with van der Waals surface area (Å²) in [6, 6.07) is 6.41. The molecule has 0 aliphatic carbocycles. The molecular formula is C11H13FO. The first kappa shape index (κ1) is 9.93. The number of methoxy groups -OCH3 is 1. The number of ether oxygens (including phenoxy) is 1. The van der Waals surface area contributed by atoms with Crippen LogP contribution in [0.15, 0.2) is 30.3 Å². The summed E-state index contributed by atoms with van der Waals surface area (Å²) in [5.41, 5.74) is 2.08. The Kier molecular flexibility index (Phi) is 3.65. The van der Waals surface area contributed by atoms with Crippen molar-refractivity contribution in [2.45, 2.75) is 6.92 Å². The Morgan fingerprint density at radius 2 is 2.00 bits per heavy atom. The van der Waals surface area contributed by atoms with Gasteiger partial charge >= 0.3 is 0 Å². The predicted molar refractivity (Wildman–Crippen MR) is 51.9 cm³/mol. The summed E-state index contributed by atoms with van der Waals surface area (Å²) in [6.07, 6.45) is 1.97. The van der Waals surface area contributed by atoms with Crippen LogP contribution < -0.4 is 0 Å². The molecule has 0 atom stereocenters. The van der Waals surface area contributed by atoms with Gasteiger partial charge in [0.1, 0.15) is 5.82 Å². The van der Waals surface area contributed by atoms with Gasteiger partial charge < -0.3 is 4.74 Å². The maximum absolute atomic E-state index is 12.6. The van der Waals surface area contributed by atoms with E-state index in [9.17, 15) is 4.39 Å². The van der Waals surface area contributed by atoms with Gasteiger partial charge in [0.05, 0.1) is 6.61 Å². The van der Waals surface area contributed by atoms with Crippen molar-refractivity contribution in [1.82, 2.24) is 0 Å². The average Bonchev–Trinajstić information content (AvgIpc) is 2.16. The topological polar surface area (TPSA) is 9.23 Å². The minimum Gasteiger partial charge on any atom is -0.380 e. The molecule has 0 bridgehead atoms. The molecule has 0 N–H and O–H groups in total. The fourth-order valence-corrected chi connectivity index (χ4v) is 1.15. The maximum Gasteiger partial charge on any atom is 0.123 e. The van der Waals surface area contributed by atoms with Crippen molar-refractivity contribution in [1.29, 1.82) is 0 Å². The lowest BCUT2D eigenvalue weighted by molar-refractivity contribution is 0.239. The van der Waals surface area contributed by atoms with Crippen LogP contribution in [0.4, 0.5) is 4.39 Å². The first-order valence-electron chi connectivity index (χ1n) is 4.18. The van der Waals surface area contributed by atoms with Crippen molar-refractivity contribution in [3.8, 4) is 0 Å². The minimum atomic E-state index is -0.211. The fourth-order valence-electron chi connectivity index (χ4n) is 1.15. The zero-order valence-electron chi connectivity index (χ0n) is 7.88. The third-order valence-corrected chi connectivity index (χ3v) is 1.86. The monoisotopic (exact) mass is 180 g/mol. The highest BCUT2D eigenvalue weighted by Crippen LogP contribution is 2.14. The molecule has 2 heteroatoms. The average molecular weight is 180 g/mol. The van der Waals surface area contributed by atoms with E-state index >= 15 is 0 Å². The Bertz CT molecular complexity index is 287. The second-order valence-electron chi connectivity index (χ2n) is 2.75. The highest BCUT2D eigenvalue weighted by molar-refractivity contribution is 5.65. The van der Waals surface area contributed by atoms with Crippen LogP contribution in [0.1, 0.15) is 12.5 Å². The quantitative estimate of drug-likeness (QED) is 0.695. The maximum atomic E-state index is 12.6. The molecule has 1 aromatic rings. The molecule has 0 heterocycles. The van der Waals surface area contributed by atoms with Crippen molar-refractivity contribution < 1.29 is 9.13 Å². The number of hydrogen-bond donors (Lipinski definition) is 0. The van der Waals surface area contributed by atoms with Gasteiger partial charge in [-0.3, -0.25) is 0 Å². The zero-order valence-corrected chi connectivity index (χ0v) is 7.88. The summed E-state index contributed by atoms with van der Waals surface area (Å²) in [5.74, 6) is -0.211. The molecule has 0 unspecified atom stereocenters. The van der Waals surface area contributed by atoms with E-state index in [1.165, 1.54) is 12.1 Å². The van der Waals surface area contributed by atoms with Crippen molar-refractivity contribution in [3.05, 3.63) is 41.7 Å². The largest absolute Gasteiger partial charge is 0.380 e. The summed E-state index contributed by atoms with van der Waals surface area (Å²) >= 11 is 0. The SMILES string of the molecule is C/C=C(\COC)c1ccc(F)cc1. The molecule has 1 nitrogen and oxygen atoms in total. The molecule has 0 saturated heterocycles. The molecule has 0 amide bonds. The molecule has 0 spiro atoms. The Balaban J connectivity index is 2.87. The van der Waals surface area contributed by atoms with Gasteiger partial charge in [-0.05, 0) is 30.2 Å². The van der Waals surface area contributed by atoms with E-state index in [-0.39, 0.29) is 5.82 Å². The Morgan fingerprint density at radius 1 is 1.38 bits per heavy atom. The van der Waals surface area contributed by atoms with Crippen LogP contribution in [0.3, 0.4) is 0 Å². The molecule has 0 aliphatic rings. The van der Waals surface area contributed by atoms with Crippen LogP contribution in [0.5, 0.6) is 0 Å². The lowest BCUT2D eigenvalue weighted by Crippen LogP contribution is -1.93. The molecule has 0 aromatic heterocycles. The summed E-state index contributed by atoms with van der Waals surface area (Å²) in [6.45, 7) is 2.50. The first-order chi connectivity index (χ1) is 6.27. The number of benzene rings is 1. The van der Waals surface area contributed by atoms with Crippen molar-refractivity contribution in [2.24, 2.45) is 0 Å². The highest BCUT2D eigenvalue weighted by atomic mass is 19.1. The van der Waals surface area contributed by atoms with Crippen LogP contribution in [0.25, 0.3) is 5.57 Å². The Hall–Kier alpha value is -1.15. The predicted octanol–water partition coefficient (Wildman–Crippen LogP) is 2.88. The molecule has 0 fully saturated rings. The van der Waals surface area contributed by atoms with Crippen LogP contribution in [-0.4, -0.2) is 13.7 Å². The summed E-state index contributed by atoms with van der Waals surface area (Å²) in [4.78, 5) is 0. The molecule has 1 rings (SSSR count). The Morgan fingerprint density at radius 3 is 2.46 bits per heavy atom. The first-order valence-corrected chi connectivity index (χ1v) is 4.18. The van der Waals surface area contributed by atoms with E-state index in [0.29, 0.717) is 6.61 Å². The third-order valence-electron chi connectivity index (χ3n) is 1.86. The number of halogens is 1. The molecule has 0 radical (unpaired) electrons. The smallest absolute Gasteiger partial charge is 0.123 e. The van der Waals surface area contributed by atoms with Crippen molar-refractivity contribution >= 4 is 5.57 Å². The van der Waals surface area contributed by atoms with Gasteiger partial charge in [0.25, 0.3) is 0 Å². The van der Waals surface area contributed by atoms with Crippen LogP contribution in [0.2, 0.25) is 0 Å². The van der Waals surface area contributed by atoms with E-state index in [1.807, 2.05) is 13.0 Å². The van der Waals surface area contributed by atoms with E-state index < -0.39 is 0 Å². The molecule has 13 heavy (non-hydrogen) atoms. The summed E-state index contributed by atoms with van der Waals surface area (Å²) in [5, 5.41) is 0. The molecule has 70 valence electrons. The summed E-state index contributed by atoms with van der Waals surface area (Å²) in [7, 11) is 1.65. The number of rotatable bonds is 3. The number of hydrogen-bond acceptors (Lipinski definition) is 1. The molecule has 1 aromatic carbocycles. The standard InChI is InChI=1S/C11H13FO/c1-3-9(8-13-2)10-4-6-11(12)7-5-10/h3-7H,8H2,1-2H3/b9-3+. The van der Waals surface area contributed by atoms with Gasteiger partial charge in [-0.15, -0.1) is 0 Å². The lowest BCUT2D eigenvalue weighted by Gasteiger charge is -2.05. The zero-order chi connectivity index (χ0) is 9.68. The van der Waals surface area contributed by atoms with E-state index in [4.69, 9.17) is 4.74 Å². The molecule has 0 saturated carbocycles. The second-order valence-corrected chi connectivity index (χ2v) is 2.75. The third kappa shape index (κ3) is 2.67. The summed E-state index contributed by atoms with van der Waals surface area (Å²) < 4.78 is 17.6. The van der Waals surface area contributed by atoms with Gasteiger partial charge in [-0.2, -0.15) is 0 Å². The van der Waals surface area contributed by atoms with Gasteiger partial charge in [0, 0.05) is 7.11 Å². The van der Waals surface area contributed by atoms with Gasteiger partial charge in [-0.1, -0.05) is 18.2 Å².